The summed E-state index contributed by atoms with van der Waals surface area (Å²) in [5.41, 5.74) is 0.289. The molecule has 1 N–H and O–H groups in total. The molecule has 1 aromatic carbocycles. The molecule has 0 aliphatic carbocycles. The van der Waals surface area contributed by atoms with Gasteiger partial charge in [0.05, 0.1) is 18.4 Å². The van der Waals surface area contributed by atoms with Crippen LogP contribution >= 0.6 is 15.9 Å². The molecule has 0 spiro atoms. The van der Waals surface area contributed by atoms with Crippen LogP contribution in [-0.4, -0.2) is 22.5 Å². The molecule has 1 amide bonds. The maximum atomic E-state index is 12.3. The van der Waals surface area contributed by atoms with E-state index in [0.29, 0.717) is 18.8 Å². The summed E-state index contributed by atoms with van der Waals surface area (Å²) in [6.07, 6.45) is 1.57. The number of rotatable bonds is 4. The fourth-order valence-corrected chi connectivity index (χ4v) is 2.12. The van der Waals surface area contributed by atoms with Gasteiger partial charge in [-0.3, -0.25) is 4.79 Å². The number of amides is 1. The highest BCUT2D eigenvalue weighted by Gasteiger charge is 2.18. The highest BCUT2D eigenvalue weighted by molar-refractivity contribution is 9.10. The molecule has 0 bridgehead atoms. The predicted molar refractivity (Wildman–Crippen MR) is 74.9 cm³/mol. The third kappa shape index (κ3) is 3.17. The normalized spacial score (nSPS) is 10.4. The number of benzene rings is 1. The van der Waals surface area contributed by atoms with Crippen molar-refractivity contribution < 1.29 is 14.3 Å². The zero-order chi connectivity index (χ0) is 13.8. The van der Waals surface area contributed by atoms with Crippen LogP contribution in [0.2, 0.25) is 0 Å². The van der Waals surface area contributed by atoms with Gasteiger partial charge in [-0.05, 0) is 37.3 Å². The smallest absolute Gasteiger partial charge is 0.258 e. The van der Waals surface area contributed by atoms with Gasteiger partial charge in [0.15, 0.2) is 0 Å². The highest BCUT2D eigenvalue weighted by atomic mass is 79.9. The van der Waals surface area contributed by atoms with E-state index in [1.807, 2.05) is 13.0 Å². The summed E-state index contributed by atoms with van der Waals surface area (Å²) in [7, 11) is 0. The van der Waals surface area contributed by atoms with Gasteiger partial charge >= 0.3 is 0 Å². The molecule has 0 saturated heterocycles. The number of phenolic OH excluding ortho intramolecular Hbond substituents is 1. The van der Waals surface area contributed by atoms with Crippen molar-refractivity contribution in [3.8, 4) is 5.75 Å². The first-order chi connectivity index (χ1) is 9.11. The minimum Gasteiger partial charge on any atom is -0.507 e. The largest absolute Gasteiger partial charge is 0.507 e. The molecule has 0 fully saturated rings. The van der Waals surface area contributed by atoms with Crippen LogP contribution in [-0.2, 0) is 6.54 Å². The van der Waals surface area contributed by atoms with Crippen LogP contribution in [0.15, 0.2) is 45.5 Å². The number of nitrogens with zero attached hydrogens (tertiary/aromatic N) is 1. The van der Waals surface area contributed by atoms with Crippen molar-refractivity contribution in [2.24, 2.45) is 0 Å². The van der Waals surface area contributed by atoms with Crippen molar-refractivity contribution in [3.05, 3.63) is 52.4 Å². The van der Waals surface area contributed by atoms with Gasteiger partial charge in [-0.25, -0.2) is 0 Å². The number of hydrogen-bond donors (Lipinski definition) is 1. The monoisotopic (exact) mass is 323 g/mol. The molecule has 5 heteroatoms. The number of carbonyl (C=O) groups excluding carboxylic acids is 1. The van der Waals surface area contributed by atoms with Crippen LogP contribution in [0.5, 0.6) is 5.75 Å². The maximum absolute atomic E-state index is 12.3. The summed E-state index contributed by atoms with van der Waals surface area (Å²) < 4.78 is 5.97. The second-order valence-electron chi connectivity index (χ2n) is 4.06. The Kier molecular flexibility index (Phi) is 4.27. The van der Waals surface area contributed by atoms with E-state index in [0.717, 1.165) is 4.47 Å². The molecule has 1 heterocycles. The average molecular weight is 324 g/mol. The van der Waals surface area contributed by atoms with Gasteiger partial charge in [-0.15, -0.1) is 0 Å². The number of phenols is 1. The lowest BCUT2D eigenvalue weighted by Gasteiger charge is -2.20. The Balaban J connectivity index is 2.20. The van der Waals surface area contributed by atoms with Gasteiger partial charge in [0.25, 0.3) is 5.91 Å². The fourth-order valence-electron chi connectivity index (χ4n) is 1.77. The van der Waals surface area contributed by atoms with E-state index in [9.17, 15) is 9.90 Å². The summed E-state index contributed by atoms with van der Waals surface area (Å²) in [6.45, 7) is 2.81. The number of carbonyl (C=O) groups is 1. The summed E-state index contributed by atoms with van der Waals surface area (Å²) in [5, 5.41) is 9.83. The second kappa shape index (κ2) is 5.93. The molecule has 0 aliphatic rings. The molecule has 2 rings (SSSR count). The summed E-state index contributed by atoms with van der Waals surface area (Å²) >= 11 is 3.25. The van der Waals surface area contributed by atoms with Crippen LogP contribution in [0.4, 0.5) is 0 Å². The fraction of sp³-hybridized carbons (Fsp3) is 0.214. The third-order valence-corrected chi connectivity index (χ3v) is 3.28. The van der Waals surface area contributed by atoms with Gasteiger partial charge < -0.3 is 14.4 Å². The van der Waals surface area contributed by atoms with Crippen LogP contribution < -0.4 is 0 Å². The average Bonchev–Trinajstić information content (AvgIpc) is 2.88. The summed E-state index contributed by atoms with van der Waals surface area (Å²) in [6, 6.07) is 8.44. The zero-order valence-electron chi connectivity index (χ0n) is 10.5. The quantitative estimate of drug-likeness (QED) is 0.938. The Morgan fingerprint density at radius 2 is 2.21 bits per heavy atom. The molecular formula is C14H14BrNO3. The van der Waals surface area contributed by atoms with Crippen LogP contribution in [0.1, 0.15) is 23.0 Å². The Hall–Kier alpha value is -1.75. The molecule has 1 aromatic heterocycles. The number of hydrogen-bond acceptors (Lipinski definition) is 3. The number of halogens is 1. The molecule has 2 aromatic rings. The van der Waals surface area contributed by atoms with E-state index >= 15 is 0 Å². The molecule has 0 unspecified atom stereocenters. The van der Waals surface area contributed by atoms with Crippen LogP contribution in [0, 0.1) is 0 Å². The standard InChI is InChI=1S/C14H14BrNO3/c1-2-16(9-11-4-3-7-19-11)14(18)12-6-5-10(15)8-13(12)17/h3-8,17H,2,9H2,1H3. The topological polar surface area (TPSA) is 53.7 Å². The van der Waals surface area contributed by atoms with E-state index in [1.54, 1.807) is 29.4 Å². The predicted octanol–water partition coefficient (Wildman–Crippen LogP) is 3.41. The van der Waals surface area contributed by atoms with E-state index in [4.69, 9.17) is 4.42 Å². The molecule has 100 valence electrons. The first-order valence-corrected chi connectivity index (χ1v) is 6.71. The molecule has 0 saturated carbocycles. The van der Waals surface area contributed by atoms with Crippen molar-refractivity contribution in [3.63, 3.8) is 0 Å². The lowest BCUT2D eigenvalue weighted by atomic mass is 10.1. The SMILES string of the molecule is CCN(Cc1ccco1)C(=O)c1ccc(Br)cc1O. The van der Waals surface area contributed by atoms with Gasteiger partial charge in [0.2, 0.25) is 0 Å². The molecule has 19 heavy (non-hydrogen) atoms. The first kappa shape index (κ1) is 13.7. The number of furan rings is 1. The Labute approximate surface area is 119 Å². The Morgan fingerprint density at radius 1 is 1.42 bits per heavy atom. The molecule has 0 radical (unpaired) electrons. The van der Waals surface area contributed by atoms with Gasteiger partial charge in [-0.1, -0.05) is 15.9 Å². The van der Waals surface area contributed by atoms with Gasteiger partial charge in [0, 0.05) is 11.0 Å². The molecular weight excluding hydrogens is 310 g/mol. The van der Waals surface area contributed by atoms with Crippen molar-refractivity contribution in [1.29, 1.82) is 0 Å². The minimum atomic E-state index is -0.219. The second-order valence-corrected chi connectivity index (χ2v) is 4.98. The van der Waals surface area contributed by atoms with Gasteiger partial charge in [0.1, 0.15) is 11.5 Å². The van der Waals surface area contributed by atoms with Crippen LogP contribution in [0.3, 0.4) is 0 Å². The van der Waals surface area contributed by atoms with Crippen molar-refractivity contribution in [1.82, 2.24) is 4.90 Å². The highest BCUT2D eigenvalue weighted by Crippen LogP contribution is 2.24. The van der Waals surface area contributed by atoms with Crippen LogP contribution in [0.25, 0.3) is 0 Å². The van der Waals surface area contributed by atoms with Crippen molar-refractivity contribution in [2.45, 2.75) is 13.5 Å². The molecule has 4 nitrogen and oxygen atoms in total. The lowest BCUT2D eigenvalue weighted by molar-refractivity contribution is 0.0738. The Bertz CT molecular complexity index is 566. The van der Waals surface area contributed by atoms with E-state index in [2.05, 4.69) is 15.9 Å². The van der Waals surface area contributed by atoms with E-state index in [1.165, 1.54) is 6.07 Å². The van der Waals surface area contributed by atoms with Gasteiger partial charge in [-0.2, -0.15) is 0 Å². The maximum Gasteiger partial charge on any atom is 0.258 e. The molecule has 0 atom stereocenters. The third-order valence-electron chi connectivity index (χ3n) is 2.79. The van der Waals surface area contributed by atoms with E-state index < -0.39 is 0 Å². The number of aromatic hydroxyl groups is 1. The summed E-state index contributed by atoms with van der Waals surface area (Å²) in [4.78, 5) is 14.0. The van der Waals surface area contributed by atoms with Crippen molar-refractivity contribution in [2.75, 3.05) is 6.54 Å². The molecule has 0 aliphatic heterocycles. The minimum absolute atomic E-state index is 0.0303. The zero-order valence-corrected chi connectivity index (χ0v) is 12.1. The van der Waals surface area contributed by atoms with E-state index in [-0.39, 0.29) is 17.2 Å². The lowest BCUT2D eigenvalue weighted by Crippen LogP contribution is -2.30. The Morgan fingerprint density at radius 3 is 2.79 bits per heavy atom. The summed E-state index contributed by atoms with van der Waals surface area (Å²) in [5.74, 6) is 0.466. The van der Waals surface area contributed by atoms with Crippen molar-refractivity contribution >= 4 is 21.8 Å². The first-order valence-electron chi connectivity index (χ1n) is 5.92.